The fraction of sp³-hybridized carbons (Fsp3) is 0.0769. The van der Waals surface area contributed by atoms with Crippen molar-refractivity contribution in [2.24, 2.45) is 4.99 Å². The van der Waals surface area contributed by atoms with Crippen molar-refractivity contribution in [3.8, 4) is 0 Å². The molecule has 0 spiro atoms. The number of ketones is 1. The van der Waals surface area contributed by atoms with Gasteiger partial charge in [0.15, 0.2) is 5.78 Å². The van der Waals surface area contributed by atoms with Gasteiger partial charge in [-0.1, -0.05) is 0 Å². The minimum Gasteiger partial charge on any atom is -0.388 e. The molecule has 1 aliphatic rings. The molecule has 0 bridgehead atoms. The van der Waals surface area contributed by atoms with Crippen LogP contribution in [0.1, 0.15) is 0 Å². The number of carbonyl (C=O) groups excluding carboxylic acids is 1. The van der Waals surface area contributed by atoms with Gasteiger partial charge >= 0.3 is 0 Å². The Morgan fingerprint density at radius 1 is 1.00 bits per heavy atom. The first-order valence-corrected chi connectivity index (χ1v) is 5.04. The predicted octanol–water partition coefficient (Wildman–Crippen LogP) is 2.50. The first-order valence-electron chi connectivity index (χ1n) is 5.04. The van der Waals surface area contributed by atoms with Crippen LogP contribution in [0.4, 0.5) is 11.4 Å². The number of carbonyl (C=O) groups is 1. The van der Waals surface area contributed by atoms with Crippen LogP contribution in [0.5, 0.6) is 0 Å². The molecule has 0 fully saturated rings. The Hall–Kier alpha value is -2.16. The second-order valence-corrected chi connectivity index (χ2v) is 3.40. The number of anilines is 1. The maximum atomic E-state index is 10.9. The molecule has 0 amide bonds. The SMILES string of the molecule is CNc1ccc(N=C2C=CC(=O)C=C2)cc1. The minimum atomic E-state index is 0.00415. The zero-order chi connectivity index (χ0) is 11.4. The number of allylic oxidation sites excluding steroid dienone is 4. The topological polar surface area (TPSA) is 41.5 Å². The van der Waals surface area contributed by atoms with Crippen molar-refractivity contribution in [1.29, 1.82) is 0 Å². The monoisotopic (exact) mass is 212 g/mol. The van der Waals surface area contributed by atoms with Crippen LogP contribution < -0.4 is 5.32 Å². The molecule has 1 aromatic rings. The van der Waals surface area contributed by atoms with E-state index in [1.807, 2.05) is 31.3 Å². The zero-order valence-electron chi connectivity index (χ0n) is 8.97. The highest BCUT2D eigenvalue weighted by molar-refractivity contribution is 6.17. The van der Waals surface area contributed by atoms with E-state index in [2.05, 4.69) is 10.3 Å². The smallest absolute Gasteiger partial charge is 0.178 e. The van der Waals surface area contributed by atoms with Crippen LogP contribution in [0.2, 0.25) is 0 Å². The van der Waals surface area contributed by atoms with Crippen LogP contribution in [0.3, 0.4) is 0 Å². The number of hydrogen-bond donors (Lipinski definition) is 1. The highest BCUT2D eigenvalue weighted by Crippen LogP contribution is 2.16. The summed E-state index contributed by atoms with van der Waals surface area (Å²) in [7, 11) is 1.87. The van der Waals surface area contributed by atoms with E-state index in [9.17, 15) is 4.79 Å². The molecule has 0 saturated heterocycles. The van der Waals surface area contributed by atoms with Crippen LogP contribution in [0.25, 0.3) is 0 Å². The molecule has 3 nitrogen and oxygen atoms in total. The lowest BCUT2D eigenvalue weighted by Crippen LogP contribution is -1.98. The van der Waals surface area contributed by atoms with Crippen LogP contribution in [0.15, 0.2) is 53.6 Å². The molecule has 1 aromatic carbocycles. The lowest BCUT2D eigenvalue weighted by Gasteiger charge is -2.01. The summed E-state index contributed by atoms with van der Waals surface area (Å²) in [6, 6.07) is 7.77. The normalized spacial score (nSPS) is 14.1. The van der Waals surface area contributed by atoms with Gasteiger partial charge in [0, 0.05) is 12.7 Å². The van der Waals surface area contributed by atoms with Gasteiger partial charge in [-0.25, -0.2) is 4.99 Å². The number of nitrogens with one attached hydrogen (secondary N) is 1. The molecular formula is C13H12N2O. The lowest BCUT2D eigenvalue weighted by molar-refractivity contribution is -0.110. The number of nitrogens with zero attached hydrogens (tertiary/aromatic N) is 1. The average Bonchev–Trinajstić information content (AvgIpc) is 2.33. The van der Waals surface area contributed by atoms with Gasteiger partial charge in [0.25, 0.3) is 0 Å². The second-order valence-electron chi connectivity index (χ2n) is 3.40. The van der Waals surface area contributed by atoms with Crippen molar-refractivity contribution in [2.45, 2.75) is 0 Å². The lowest BCUT2D eigenvalue weighted by atomic mass is 10.1. The molecular weight excluding hydrogens is 200 g/mol. The molecule has 1 N–H and O–H groups in total. The second kappa shape index (κ2) is 4.57. The Morgan fingerprint density at radius 3 is 2.19 bits per heavy atom. The molecule has 16 heavy (non-hydrogen) atoms. The van der Waals surface area contributed by atoms with Gasteiger partial charge in [-0.05, 0) is 48.6 Å². The summed E-state index contributed by atoms with van der Waals surface area (Å²) in [6.07, 6.45) is 6.46. The Balaban J connectivity index is 2.20. The molecule has 0 radical (unpaired) electrons. The van der Waals surface area contributed by atoms with Crippen molar-refractivity contribution in [1.82, 2.24) is 0 Å². The van der Waals surface area contributed by atoms with Gasteiger partial charge in [-0.15, -0.1) is 0 Å². The number of rotatable bonds is 2. The van der Waals surface area contributed by atoms with E-state index in [4.69, 9.17) is 0 Å². The number of hydrogen-bond acceptors (Lipinski definition) is 3. The molecule has 3 heteroatoms. The summed E-state index contributed by atoms with van der Waals surface area (Å²) >= 11 is 0. The molecule has 0 heterocycles. The summed E-state index contributed by atoms with van der Waals surface area (Å²) in [6.45, 7) is 0. The standard InChI is InChI=1S/C13H12N2O/c1-14-10-2-4-11(5-3-10)15-12-6-8-13(16)9-7-12/h2-9,14H,1H3. The first kappa shape index (κ1) is 10.4. The summed E-state index contributed by atoms with van der Waals surface area (Å²) in [5.41, 5.74) is 2.71. The average molecular weight is 212 g/mol. The third-order valence-electron chi connectivity index (χ3n) is 2.25. The van der Waals surface area contributed by atoms with Crippen molar-refractivity contribution >= 4 is 22.9 Å². The van der Waals surface area contributed by atoms with E-state index in [-0.39, 0.29) is 5.78 Å². The summed E-state index contributed by atoms with van der Waals surface area (Å²) in [4.78, 5) is 15.3. The molecule has 1 aliphatic carbocycles. The molecule has 0 aromatic heterocycles. The van der Waals surface area contributed by atoms with E-state index >= 15 is 0 Å². The van der Waals surface area contributed by atoms with Crippen molar-refractivity contribution < 1.29 is 4.79 Å². The molecule has 2 rings (SSSR count). The summed E-state index contributed by atoms with van der Waals surface area (Å²) in [5.74, 6) is 0.00415. The fourth-order valence-electron chi connectivity index (χ4n) is 1.37. The first-order chi connectivity index (χ1) is 7.78. The molecule has 0 saturated carbocycles. The van der Waals surface area contributed by atoms with Gasteiger partial charge in [0.1, 0.15) is 0 Å². The van der Waals surface area contributed by atoms with E-state index in [0.29, 0.717) is 0 Å². The number of aliphatic imine (C=N–C) groups is 1. The van der Waals surface area contributed by atoms with Crippen LogP contribution >= 0.6 is 0 Å². The maximum Gasteiger partial charge on any atom is 0.178 e. The maximum absolute atomic E-state index is 10.9. The Kier molecular flexibility index (Phi) is 2.96. The van der Waals surface area contributed by atoms with E-state index in [0.717, 1.165) is 17.1 Å². The quantitative estimate of drug-likeness (QED) is 0.765. The Labute approximate surface area is 94.2 Å². The van der Waals surface area contributed by atoms with Gasteiger partial charge in [-0.3, -0.25) is 4.79 Å². The van der Waals surface area contributed by atoms with E-state index < -0.39 is 0 Å². The van der Waals surface area contributed by atoms with Crippen molar-refractivity contribution in [2.75, 3.05) is 12.4 Å². The van der Waals surface area contributed by atoms with Crippen LogP contribution in [-0.2, 0) is 4.79 Å². The third-order valence-corrected chi connectivity index (χ3v) is 2.25. The fourth-order valence-corrected chi connectivity index (χ4v) is 1.37. The van der Waals surface area contributed by atoms with Gasteiger partial charge in [0.05, 0.1) is 11.4 Å². The highest BCUT2D eigenvalue weighted by Gasteiger charge is 1.99. The minimum absolute atomic E-state index is 0.00415. The van der Waals surface area contributed by atoms with Crippen LogP contribution in [0, 0.1) is 0 Å². The summed E-state index contributed by atoms with van der Waals surface area (Å²) in [5, 5.41) is 3.04. The third kappa shape index (κ3) is 2.45. The van der Waals surface area contributed by atoms with E-state index in [1.54, 1.807) is 12.2 Å². The summed E-state index contributed by atoms with van der Waals surface area (Å²) < 4.78 is 0. The molecule has 0 unspecified atom stereocenters. The Bertz CT molecular complexity index is 463. The van der Waals surface area contributed by atoms with E-state index in [1.165, 1.54) is 12.2 Å². The highest BCUT2D eigenvalue weighted by atomic mass is 16.1. The number of benzene rings is 1. The van der Waals surface area contributed by atoms with Gasteiger partial charge < -0.3 is 5.32 Å². The van der Waals surface area contributed by atoms with Gasteiger partial charge in [0.2, 0.25) is 0 Å². The zero-order valence-corrected chi connectivity index (χ0v) is 8.97. The predicted molar refractivity (Wildman–Crippen MR) is 66.4 cm³/mol. The largest absolute Gasteiger partial charge is 0.388 e. The van der Waals surface area contributed by atoms with Crippen molar-refractivity contribution in [3.63, 3.8) is 0 Å². The molecule has 0 aliphatic heterocycles. The van der Waals surface area contributed by atoms with Crippen LogP contribution in [-0.4, -0.2) is 18.5 Å². The van der Waals surface area contributed by atoms with Crippen molar-refractivity contribution in [3.05, 3.63) is 48.6 Å². The Morgan fingerprint density at radius 2 is 1.62 bits per heavy atom. The molecule has 0 atom stereocenters. The van der Waals surface area contributed by atoms with Gasteiger partial charge in [-0.2, -0.15) is 0 Å². The molecule has 80 valence electrons.